The van der Waals surface area contributed by atoms with Gasteiger partial charge in [0.15, 0.2) is 0 Å². The molecule has 0 spiro atoms. The Hall–Kier alpha value is -1.49. The molecule has 4 rings (SSSR count). The fourth-order valence-electron chi connectivity index (χ4n) is 2.75. The largest absolute Gasteiger partial charge is 0.340 e. The smallest absolute Gasteiger partial charge is 0.208 e. The monoisotopic (exact) mass is 272 g/mol. The summed E-state index contributed by atoms with van der Waals surface area (Å²) in [6.07, 6.45) is 8.80. The molecule has 1 saturated heterocycles. The predicted octanol–water partition coefficient (Wildman–Crippen LogP) is 3.15. The normalized spacial score (nSPS) is 22.9. The van der Waals surface area contributed by atoms with Gasteiger partial charge in [-0.15, -0.1) is 10.2 Å². The van der Waals surface area contributed by atoms with Gasteiger partial charge >= 0.3 is 0 Å². The fraction of sp³-hybridized carbons (Fsp3) is 0.500. The summed E-state index contributed by atoms with van der Waals surface area (Å²) >= 11 is 1.78. The van der Waals surface area contributed by atoms with E-state index in [0.717, 1.165) is 11.7 Å². The van der Waals surface area contributed by atoms with Crippen molar-refractivity contribution in [2.24, 2.45) is 0 Å². The van der Waals surface area contributed by atoms with Crippen molar-refractivity contribution in [2.75, 3.05) is 11.4 Å². The minimum Gasteiger partial charge on any atom is -0.340 e. The third-order valence-corrected chi connectivity index (χ3v) is 5.05. The fourth-order valence-corrected chi connectivity index (χ4v) is 3.84. The van der Waals surface area contributed by atoms with Gasteiger partial charge in [0.1, 0.15) is 5.01 Å². The third-order valence-electron chi connectivity index (χ3n) is 3.92. The van der Waals surface area contributed by atoms with Crippen LogP contribution < -0.4 is 4.90 Å². The molecule has 1 aliphatic heterocycles. The Labute approximate surface area is 116 Å². The Morgan fingerprint density at radius 1 is 1.21 bits per heavy atom. The lowest BCUT2D eigenvalue weighted by atomic mass is 10.1. The van der Waals surface area contributed by atoms with E-state index in [-0.39, 0.29) is 0 Å². The summed E-state index contributed by atoms with van der Waals surface area (Å²) in [7, 11) is 0. The van der Waals surface area contributed by atoms with Gasteiger partial charge < -0.3 is 4.90 Å². The van der Waals surface area contributed by atoms with Gasteiger partial charge in [0.2, 0.25) is 5.13 Å². The van der Waals surface area contributed by atoms with Crippen LogP contribution in [0.3, 0.4) is 0 Å². The lowest BCUT2D eigenvalue weighted by Crippen LogP contribution is -2.22. The van der Waals surface area contributed by atoms with Gasteiger partial charge in [-0.3, -0.25) is 4.98 Å². The quantitative estimate of drug-likeness (QED) is 0.860. The molecule has 98 valence electrons. The van der Waals surface area contributed by atoms with Crippen LogP contribution in [-0.4, -0.2) is 21.7 Å². The van der Waals surface area contributed by atoms with Crippen molar-refractivity contribution in [3.8, 4) is 0 Å². The lowest BCUT2D eigenvalue weighted by Gasteiger charge is -2.23. The second-order valence-electron chi connectivity index (χ2n) is 5.33. The zero-order valence-corrected chi connectivity index (χ0v) is 11.5. The first-order valence-corrected chi connectivity index (χ1v) is 7.73. The van der Waals surface area contributed by atoms with Crippen LogP contribution in [0, 0.1) is 0 Å². The number of hydrogen-bond acceptors (Lipinski definition) is 5. The Morgan fingerprint density at radius 2 is 2.16 bits per heavy atom. The van der Waals surface area contributed by atoms with Crippen LogP contribution >= 0.6 is 11.3 Å². The van der Waals surface area contributed by atoms with E-state index in [0.29, 0.717) is 12.0 Å². The summed E-state index contributed by atoms with van der Waals surface area (Å²) in [4.78, 5) is 6.64. The first-order chi connectivity index (χ1) is 9.42. The van der Waals surface area contributed by atoms with Crippen LogP contribution in [0.25, 0.3) is 0 Å². The highest BCUT2D eigenvalue weighted by atomic mass is 32.1. The number of nitrogens with zero attached hydrogens (tertiary/aromatic N) is 4. The van der Waals surface area contributed by atoms with Crippen LogP contribution in [0.1, 0.15) is 48.2 Å². The molecule has 0 unspecified atom stereocenters. The van der Waals surface area contributed by atoms with Crippen molar-refractivity contribution >= 4 is 16.5 Å². The highest BCUT2D eigenvalue weighted by molar-refractivity contribution is 7.15. The third kappa shape index (κ3) is 2.12. The maximum atomic E-state index is 4.41. The second kappa shape index (κ2) is 4.56. The molecule has 3 heterocycles. The summed E-state index contributed by atoms with van der Waals surface area (Å²) < 4.78 is 0. The molecule has 0 N–H and O–H groups in total. The molecule has 19 heavy (non-hydrogen) atoms. The van der Waals surface area contributed by atoms with Crippen molar-refractivity contribution < 1.29 is 0 Å². The summed E-state index contributed by atoms with van der Waals surface area (Å²) in [5, 5.41) is 11.1. The van der Waals surface area contributed by atoms with E-state index in [1.54, 1.807) is 11.3 Å². The molecule has 1 saturated carbocycles. The number of pyridine rings is 1. The van der Waals surface area contributed by atoms with Crippen LogP contribution in [0.4, 0.5) is 5.13 Å². The molecule has 1 atom stereocenters. The maximum absolute atomic E-state index is 4.41. The molecule has 0 amide bonds. The van der Waals surface area contributed by atoms with Gasteiger partial charge in [-0.2, -0.15) is 0 Å². The molecule has 0 radical (unpaired) electrons. The minimum absolute atomic E-state index is 0.425. The molecule has 0 bridgehead atoms. The lowest BCUT2D eigenvalue weighted by molar-refractivity contribution is 0.709. The first kappa shape index (κ1) is 11.3. The average molecular weight is 272 g/mol. The van der Waals surface area contributed by atoms with Gasteiger partial charge in [-0.05, 0) is 37.3 Å². The van der Waals surface area contributed by atoms with E-state index in [2.05, 4.69) is 26.1 Å². The standard InChI is InChI=1S/C14H16N4S/c1-3-11(9-15-7-1)12-4-2-8-18(12)14-17-16-13(19-14)10-5-6-10/h1,3,7,9-10,12H,2,4-6,8H2/t12-/m0/s1. The SMILES string of the molecule is c1cncc([C@@H]2CCCN2c2nnc(C3CC3)s2)c1. The number of aromatic nitrogens is 3. The topological polar surface area (TPSA) is 41.9 Å². The molecule has 2 aromatic heterocycles. The number of rotatable bonds is 3. The first-order valence-electron chi connectivity index (χ1n) is 6.92. The average Bonchev–Trinajstić information content (AvgIpc) is 3.02. The number of hydrogen-bond donors (Lipinski definition) is 0. The second-order valence-corrected chi connectivity index (χ2v) is 6.32. The minimum atomic E-state index is 0.425. The molecular weight excluding hydrogens is 256 g/mol. The molecule has 2 fully saturated rings. The molecular formula is C14H16N4S. The zero-order valence-electron chi connectivity index (χ0n) is 10.7. The van der Waals surface area contributed by atoms with Crippen molar-refractivity contribution in [3.63, 3.8) is 0 Å². The van der Waals surface area contributed by atoms with Crippen LogP contribution in [0.5, 0.6) is 0 Å². The van der Waals surface area contributed by atoms with Crippen molar-refractivity contribution in [2.45, 2.75) is 37.6 Å². The highest BCUT2D eigenvalue weighted by Crippen LogP contribution is 2.44. The van der Waals surface area contributed by atoms with Gasteiger partial charge in [-0.1, -0.05) is 17.4 Å². The van der Waals surface area contributed by atoms with Crippen LogP contribution in [0.15, 0.2) is 24.5 Å². The van der Waals surface area contributed by atoms with E-state index in [1.807, 2.05) is 18.5 Å². The van der Waals surface area contributed by atoms with Gasteiger partial charge in [-0.25, -0.2) is 0 Å². The maximum Gasteiger partial charge on any atom is 0.208 e. The Bertz CT molecular complexity index is 564. The summed E-state index contributed by atoms with van der Waals surface area (Å²) in [5.41, 5.74) is 1.29. The number of anilines is 1. The Balaban J connectivity index is 1.61. The van der Waals surface area contributed by atoms with E-state index in [9.17, 15) is 0 Å². The Kier molecular flexibility index (Phi) is 2.72. The molecule has 4 nitrogen and oxygen atoms in total. The summed E-state index contributed by atoms with van der Waals surface area (Å²) in [6, 6.07) is 4.61. The van der Waals surface area contributed by atoms with E-state index in [4.69, 9.17) is 0 Å². The van der Waals surface area contributed by atoms with E-state index >= 15 is 0 Å². The predicted molar refractivity (Wildman–Crippen MR) is 75.4 cm³/mol. The summed E-state index contributed by atoms with van der Waals surface area (Å²) in [5.74, 6) is 0.700. The van der Waals surface area contributed by atoms with Crippen molar-refractivity contribution in [1.29, 1.82) is 0 Å². The van der Waals surface area contributed by atoms with E-state index < -0.39 is 0 Å². The van der Waals surface area contributed by atoms with Gasteiger partial charge in [0.05, 0.1) is 6.04 Å². The zero-order chi connectivity index (χ0) is 12.7. The van der Waals surface area contributed by atoms with E-state index in [1.165, 1.54) is 36.3 Å². The van der Waals surface area contributed by atoms with Gasteiger partial charge in [0.25, 0.3) is 0 Å². The van der Waals surface area contributed by atoms with Crippen molar-refractivity contribution in [1.82, 2.24) is 15.2 Å². The molecule has 2 aromatic rings. The van der Waals surface area contributed by atoms with Crippen LogP contribution in [-0.2, 0) is 0 Å². The molecule has 1 aliphatic carbocycles. The molecule has 2 aliphatic rings. The van der Waals surface area contributed by atoms with Crippen molar-refractivity contribution in [3.05, 3.63) is 35.1 Å². The Morgan fingerprint density at radius 3 is 2.95 bits per heavy atom. The molecule has 0 aromatic carbocycles. The molecule has 5 heteroatoms. The van der Waals surface area contributed by atoms with Gasteiger partial charge in [0, 0.05) is 24.9 Å². The van der Waals surface area contributed by atoms with Crippen LogP contribution in [0.2, 0.25) is 0 Å². The highest BCUT2D eigenvalue weighted by Gasteiger charge is 2.32. The summed E-state index contributed by atoms with van der Waals surface area (Å²) in [6.45, 7) is 1.08.